The summed E-state index contributed by atoms with van der Waals surface area (Å²) in [5.74, 6) is 1.64. The molecule has 1 heterocycles. The standard InChI is InChI=1S/C19H28FN/c1-19(2,3)16-8-9-18(17(20)12-16)21-11-10-14-6-4-5-7-15(14)13-21/h8-9,12,14-15H,4-7,10-11,13H2,1-3H3/t14-,15-/m1/s1. The lowest BCUT2D eigenvalue weighted by Gasteiger charge is -2.42. The van der Waals surface area contributed by atoms with E-state index in [9.17, 15) is 4.39 Å². The van der Waals surface area contributed by atoms with Crippen molar-refractivity contribution in [1.29, 1.82) is 0 Å². The Kier molecular flexibility index (Phi) is 3.98. The van der Waals surface area contributed by atoms with Gasteiger partial charge in [-0.1, -0.05) is 46.1 Å². The van der Waals surface area contributed by atoms with Crippen LogP contribution in [0.2, 0.25) is 0 Å². The predicted octanol–water partition coefficient (Wildman–Crippen LogP) is 5.14. The topological polar surface area (TPSA) is 3.24 Å². The van der Waals surface area contributed by atoms with E-state index in [0.717, 1.165) is 36.2 Å². The zero-order valence-corrected chi connectivity index (χ0v) is 13.7. The minimum atomic E-state index is -0.0447. The quantitative estimate of drug-likeness (QED) is 0.692. The van der Waals surface area contributed by atoms with Crippen molar-refractivity contribution in [3.8, 4) is 0 Å². The van der Waals surface area contributed by atoms with Crippen LogP contribution in [-0.4, -0.2) is 13.1 Å². The summed E-state index contributed by atoms with van der Waals surface area (Å²) in [4.78, 5) is 2.29. The van der Waals surface area contributed by atoms with Crippen molar-refractivity contribution in [2.24, 2.45) is 11.8 Å². The fourth-order valence-electron chi connectivity index (χ4n) is 4.05. The van der Waals surface area contributed by atoms with Crippen LogP contribution in [0, 0.1) is 17.7 Å². The molecule has 1 aromatic rings. The first kappa shape index (κ1) is 14.9. The average Bonchev–Trinajstić information content (AvgIpc) is 2.45. The number of halogens is 1. The van der Waals surface area contributed by atoms with E-state index in [1.54, 1.807) is 6.07 Å². The first-order chi connectivity index (χ1) is 9.95. The minimum Gasteiger partial charge on any atom is -0.369 e. The minimum absolute atomic E-state index is 0.00966. The number of benzene rings is 1. The van der Waals surface area contributed by atoms with Crippen molar-refractivity contribution in [2.75, 3.05) is 18.0 Å². The maximum Gasteiger partial charge on any atom is 0.146 e. The van der Waals surface area contributed by atoms with Crippen LogP contribution in [-0.2, 0) is 5.41 Å². The zero-order chi connectivity index (χ0) is 15.0. The van der Waals surface area contributed by atoms with Gasteiger partial charge in [-0.15, -0.1) is 0 Å². The molecule has 0 radical (unpaired) electrons. The van der Waals surface area contributed by atoms with E-state index < -0.39 is 0 Å². The number of rotatable bonds is 1. The van der Waals surface area contributed by atoms with Gasteiger partial charge in [-0.2, -0.15) is 0 Å². The summed E-state index contributed by atoms with van der Waals surface area (Å²) in [6, 6.07) is 5.84. The molecule has 3 rings (SSSR count). The largest absolute Gasteiger partial charge is 0.369 e. The summed E-state index contributed by atoms with van der Waals surface area (Å²) < 4.78 is 14.5. The number of hydrogen-bond acceptors (Lipinski definition) is 1. The van der Waals surface area contributed by atoms with Crippen LogP contribution in [0.15, 0.2) is 18.2 Å². The molecule has 0 spiro atoms. The lowest BCUT2D eigenvalue weighted by atomic mass is 9.75. The highest BCUT2D eigenvalue weighted by atomic mass is 19.1. The van der Waals surface area contributed by atoms with E-state index in [0.29, 0.717) is 0 Å². The SMILES string of the molecule is CC(C)(C)c1ccc(N2CC[C@H]3CCCC[C@@H]3C2)c(F)c1. The van der Waals surface area contributed by atoms with E-state index in [1.165, 1.54) is 32.1 Å². The Bertz CT molecular complexity index is 503. The molecule has 0 bridgehead atoms. The van der Waals surface area contributed by atoms with Gasteiger partial charge in [0, 0.05) is 13.1 Å². The molecule has 0 aromatic heterocycles. The van der Waals surface area contributed by atoms with E-state index in [2.05, 4.69) is 31.7 Å². The Labute approximate surface area is 128 Å². The molecule has 0 N–H and O–H groups in total. The molecule has 2 heteroatoms. The van der Waals surface area contributed by atoms with Gasteiger partial charge < -0.3 is 4.90 Å². The maximum atomic E-state index is 14.5. The Morgan fingerprint density at radius 2 is 1.76 bits per heavy atom. The van der Waals surface area contributed by atoms with Crippen LogP contribution in [0.25, 0.3) is 0 Å². The summed E-state index contributed by atoms with van der Waals surface area (Å²) in [7, 11) is 0. The Balaban J connectivity index is 1.78. The first-order valence-electron chi connectivity index (χ1n) is 8.50. The molecule has 1 aliphatic heterocycles. The number of hydrogen-bond donors (Lipinski definition) is 0. The third-order valence-corrected chi connectivity index (χ3v) is 5.45. The first-order valence-corrected chi connectivity index (χ1v) is 8.50. The molecule has 1 saturated carbocycles. The van der Waals surface area contributed by atoms with Gasteiger partial charge in [-0.05, 0) is 47.8 Å². The molecule has 1 nitrogen and oxygen atoms in total. The average molecular weight is 289 g/mol. The fraction of sp³-hybridized carbons (Fsp3) is 0.684. The number of piperidine rings is 1. The number of anilines is 1. The summed E-state index contributed by atoms with van der Waals surface area (Å²) in [6.45, 7) is 8.47. The molecule has 116 valence electrons. The smallest absolute Gasteiger partial charge is 0.146 e. The zero-order valence-electron chi connectivity index (χ0n) is 13.7. The van der Waals surface area contributed by atoms with Gasteiger partial charge in [0.2, 0.25) is 0 Å². The molecular weight excluding hydrogens is 261 g/mol. The van der Waals surface area contributed by atoms with Crippen LogP contribution in [0.3, 0.4) is 0 Å². The fourth-order valence-corrected chi connectivity index (χ4v) is 4.05. The second kappa shape index (κ2) is 5.62. The molecule has 2 aliphatic rings. The highest BCUT2D eigenvalue weighted by Crippen LogP contribution is 2.38. The highest BCUT2D eigenvalue weighted by Gasteiger charge is 2.32. The molecular formula is C19H28FN. The van der Waals surface area contributed by atoms with Gasteiger partial charge in [0.15, 0.2) is 0 Å². The van der Waals surface area contributed by atoms with Crippen LogP contribution >= 0.6 is 0 Å². The molecule has 1 aromatic carbocycles. The molecule has 2 atom stereocenters. The van der Waals surface area contributed by atoms with Gasteiger partial charge in [0.1, 0.15) is 5.82 Å². The Hall–Kier alpha value is -1.05. The molecule has 0 unspecified atom stereocenters. The second-order valence-electron chi connectivity index (χ2n) is 7.96. The van der Waals surface area contributed by atoms with Gasteiger partial charge >= 0.3 is 0 Å². The third-order valence-electron chi connectivity index (χ3n) is 5.45. The summed E-state index contributed by atoms with van der Waals surface area (Å²) >= 11 is 0. The monoisotopic (exact) mass is 289 g/mol. The van der Waals surface area contributed by atoms with E-state index in [1.807, 2.05) is 6.07 Å². The van der Waals surface area contributed by atoms with Crippen LogP contribution in [0.1, 0.15) is 58.4 Å². The van der Waals surface area contributed by atoms with E-state index in [4.69, 9.17) is 0 Å². The van der Waals surface area contributed by atoms with Crippen molar-refractivity contribution >= 4 is 5.69 Å². The van der Waals surface area contributed by atoms with Crippen molar-refractivity contribution < 1.29 is 4.39 Å². The molecule has 0 amide bonds. The number of fused-ring (bicyclic) bond motifs is 1. The summed E-state index contributed by atoms with van der Waals surface area (Å²) in [5.41, 5.74) is 1.90. The van der Waals surface area contributed by atoms with Crippen LogP contribution in [0.5, 0.6) is 0 Å². The normalized spacial score (nSPS) is 26.6. The summed E-state index contributed by atoms with van der Waals surface area (Å²) in [5, 5.41) is 0. The lowest BCUT2D eigenvalue weighted by molar-refractivity contribution is 0.202. The molecule has 2 fully saturated rings. The van der Waals surface area contributed by atoms with Gasteiger partial charge in [0.25, 0.3) is 0 Å². The van der Waals surface area contributed by atoms with E-state index in [-0.39, 0.29) is 11.2 Å². The molecule has 1 aliphatic carbocycles. The lowest BCUT2D eigenvalue weighted by Crippen LogP contribution is -2.42. The summed E-state index contributed by atoms with van der Waals surface area (Å²) in [6.07, 6.45) is 6.73. The van der Waals surface area contributed by atoms with Crippen molar-refractivity contribution in [3.63, 3.8) is 0 Å². The van der Waals surface area contributed by atoms with Crippen molar-refractivity contribution in [3.05, 3.63) is 29.6 Å². The van der Waals surface area contributed by atoms with Gasteiger partial charge in [-0.3, -0.25) is 0 Å². The van der Waals surface area contributed by atoms with Gasteiger partial charge in [-0.25, -0.2) is 4.39 Å². The van der Waals surface area contributed by atoms with Gasteiger partial charge in [0.05, 0.1) is 5.69 Å². The second-order valence-corrected chi connectivity index (χ2v) is 7.96. The van der Waals surface area contributed by atoms with Crippen molar-refractivity contribution in [2.45, 2.75) is 58.3 Å². The van der Waals surface area contributed by atoms with E-state index >= 15 is 0 Å². The third kappa shape index (κ3) is 3.09. The van der Waals surface area contributed by atoms with Crippen LogP contribution < -0.4 is 4.90 Å². The number of nitrogens with zero attached hydrogens (tertiary/aromatic N) is 1. The Morgan fingerprint density at radius 1 is 1.05 bits per heavy atom. The molecule has 21 heavy (non-hydrogen) atoms. The van der Waals surface area contributed by atoms with Crippen LogP contribution in [0.4, 0.5) is 10.1 Å². The predicted molar refractivity (Wildman–Crippen MR) is 87.4 cm³/mol. The highest BCUT2D eigenvalue weighted by molar-refractivity contribution is 5.50. The Morgan fingerprint density at radius 3 is 2.43 bits per heavy atom. The maximum absolute atomic E-state index is 14.5. The van der Waals surface area contributed by atoms with Crippen molar-refractivity contribution in [1.82, 2.24) is 0 Å². The molecule has 1 saturated heterocycles.